The van der Waals surface area contributed by atoms with Gasteiger partial charge in [-0.2, -0.15) is 14.9 Å². The van der Waals surface area contributed by atoms with Gasteiger partial charge in [0, 0.05) is 11.1 Å². The molecule has 0 unspecified atom stereocenters. The van der Waals surface area contributed by atoms with Gasteiger partial charge in [-0.25, -0.2) is 5.10 Å². The zero-order chi connectivity index (χ0) is 18.5. The Labute approximate surface area is 156 Å². The third-order valence-corrected chi connectivity index (χ3v) is 4.07. The molecule has 6 nitrogen and oxygen atoms in total. The van der Waals surface area contributed by atoms with Gasteiger partial charge < -0.3 is 9.84 Å². The molecule has 1 heterocycles. The van der Waals surface area contributed by atoms with E-state index in [-0.39, 0.29) is 5.75 Å². The Hall–Kier alpha value is -3.19. The smallest absolute Gasteiger partial charge is 0.216 e. The summed E-state index contributed by atoms with van der Waals surface area (Å²) in [5, 5.41) is 21.7. The number of allylic oxidation sites excluding steroid dienone is 1. The number of hydrogen-bond acceptors (Lipinski definition) is 5. The summed E-state index contributed by atoms with van der Waals surface area (Å²) >= 11 is 5.27. The quantitative estimate of drug-likeness (QED) is 0.394. The molecule has 3 aromatic rings. The Morgan fingerprint density at radius 1 is 1.35 bits per heavy atom. The molecule has 0 spiro atoms. The SMILES string of the molecule is C=CCc1cccc(/C=N\n2c(-c3cccc(OC)c3)n[nH]c2=S)c1O. The van der Waals surface area contributed by atoms with Gasteiger partial charge in [-0.05, 0) is 42.4 Å². The summed E-state index contributed by atoms with van der Waals surface area (Å²) in [4.78, 5) is 0. The molecule has 7 heteroatoms. The molecule has 2 aromatic carbocycles. The van der Waals surface area contributed by atoms with Crippen molar-refractivity contribution in [2.24, 2.45) is 5.10 Å². The highest BCUT2D eigenvalue weighted by Gasteiger charge is 2.10. The van der Waals surface area contributed by atoms with E-state index in [1.165, 1.54) is 4.68 Å². The second-order valence-electron chi connectivity index (χ2n) is 5.49. The third-order valence-electron chi connectivity index (χ3n) is 3.81. The molecule has 0 atom stereocenters. The van der Waals surface area contributed by atoms with Crippen LogP contribution in [0.5, 0.6) is 11.5 Å². The van der Waals surface area contributed by atoms with Crippen molar-refractivity contribution < 1.29 is 9.84 Å². The van der Waals surface area contributed by atoms with Crippen molar-refractivity contribution in [2.75, 3.05) is 7.11 Å². The Morgan fingerprint density at radius 3 is 2.92 bits per heavy atom. The summed E-state index contributed by atoms with van der Waals surface area (Å²) in [6.45, 7) is 3.70. The van der Waals surface area contributed by atoms with Gasteiger partial charge >= 0.3 is 0 Å². The summed E-state index contributed by atoms with van der Waals surface area (Å²) in [5.41, 5.74) is 2.18. The number of aromatic hydroxyl groups is 1. The number of aromatic nitrogens is 3. The number of ether oxygens (including phenoxy) is 1. The molecule has 0 saturated heterocycles. The van der Waals surface area contributed by atoms with Crippen LogP contribution in [0, 0.1) is 4.77 Å². The first-order valence-electron chi connectivity index (χ1n) is 7.92. The minimum Gasteiger partial charge on any atom is -0.507 e. The van der Waals surface area contributed by atoms with Gasteiger partial charge in [0.2, 0.25) is 4.77 Å². The van der Waals surface area contributed by atoms with E-state index in [1.807, 2.05) is 36.4 Å². The maximum atomic E-state index is 10.4. The number of aromatic amines is 1. The summed E-state index contributed by atoms with van der Waals surface area (Å²) in [6, 6.07) is 12.9. The zero-order valence-corrected chi connectivity index (χ0v) is 15.0. The van der Waals surface area contributed by atoms with E-state index in [1.54, 1.807) is 25.5 Å². The minimum absolute atomic E-state index is 0.175. The van der Waals surface area contributed by atoms with Crippen molar-refractivity contribution in [3.05, 3.63) is 71.0 Å². The number of nitrogens with one attached hydrogen (secondary N) is 1. The zero-order valence-electron chi connectivity index (χ0n) is 14.2. The largest absolute Gasteiger partial charge is 0.507 e. The second kappa shape index (κ2) is 7.79. The number of phenols is 1. The molecule has 132 valence electrons. The molecule has 26 heavy (non-hydrogen) atoms. The molecular formula is C19H18N4O2S. The van der Waals surface area contributed by atoms with Gasteiger partial charge in [-0.1, -0.05) is 30.3 Å². The van der Waals surface area contributed by atoms with E-state index in [9.17, 15) is 5.11 Å². The van der Waals surface area contributed by atoms with Gasteiger partial charge in [-0.15, -0.1) is 6.58 Å². The second-order valence-corrected chi connectivity index (χ2v) is 5.88. The van der Waals surface area contributed by atoms with Gasteiger partial charge in [0.05, 0.1) is 13.3 Å². The summed E-state index contributed by atoms with van der Waals surface area (Å²) in [6.07, 6.45) is 3.87. The van der Waals surface area contributed by atoms with Crippen molar-refractivity contribution in [1.82, 2.24) is 14.9 Å². The molecule has 0 bridgehead atoms. The first kappa shape index (κ1) is 17.6. The Bertz CT molecular complexity index is 1020. The highest BCUT2D eigenvalue weighted by molar-refractivity contribution is 7.71. The lowest BCUT2D eigenvalue weighted by atomic mass is 10.1. The van der Waals surface area contributed by atoms with Crippen molar-refractivity contribution in [2.45, 2.75) is 6.42 Å². The summed E-state index contributed by atoms with van der Waals surface area (Å²) in [5.74, 6) is 1.43. The molecule has 0 aliphatic heterocycles. The first-order valence-corrected chi connectivity index (χ1v) is 8.33. The highest BCUT2D eigenvalue weighted by Crippen LogP contribution is 2.24. The molecule has 0 aliphatic carbocycles. The van der Waals surface area contributed by atoms with Crippen LogP contribution >= 0.6 is 12.2 Å². The van der Waals surface area contributed by atoms with E-state index < -0.39 is 0 Å². The van der Waals surface area contributed by atoms with E-state index in [2.05, 4.69) is 21.9 Å². The number of nitrogens with zero attached hydrogens (tertiary/aromatic N) is 3. The summed E-state index contributed by atoms with van der Waals surface area (Å²) < 4.78 is 7.10. The highest BCUT2D eigenvalue weighted by atomic mass is 32.1. The Morgan fingerprint density at radius 2 is 2.15 bits per heavy atom. The third kappa shape index (κ3) is 3.57. The van der Waals surface area contributed by atoms with Crippen LogP contribution in [0.3, 0.4) is 0 Å². The van der Waals surface area contributed by atoms with Gasteiger partial charge in [0.25, 0.3) is 0 Å². The minimum atomic E-state index is 0.175. The number of phenolic OH excluding ortho intramolecular Hbond substituents is 1. The summed E-state index contributed by atoms with van der Waals surface area (Å²) in [7, 11) is 1.60. The van der Waals surface area contributed by atoms with Crippen LogP contribution < -0.4 is 4.74 Å². The van der Waals surface area contributed by atoms with Crippen LogP contribution in [0.25, 0.3) is 11.4 Å². The molecule has 0 radical (unpaired) electrons. The fraction of sp³-hybridized carbons (Fsp3) is 0.105. The average Bonchev–Trinajstić information content (AvgIpc) is 3.03. The van der Waals surface area contributed by atoms with Crippen LogP contribution in [-0.2, 0) is 6.42 Å². The van der Waals surface area contributed by atoms with Gasteiger partial charge in [0.15, 0.2) is 5.82 Å². The number of para-hydroxylation sites is 1. The molecule has 0 aliphatic rings. The van der Waals surface area contributed by atoms with Crippen LogP contribution in [0.15, 0.2) is 60.2 Å². The number of hydrogen-bond donors (Lipinski definition) is 2. The Balaban J connectivity index is 2.00. The Kier molecular flexibility index (Phi) is 5.28. The van der Waals surface area contributed by atoms with Gasteiger partial charge in [0.1, 0.15) is 11.5 Å². The lowest BCUT2D eigenvalue weighted by molar-refractivity contribution is 0.415. The fourth-order valence-electron chi connectivity index (χ4n) is 2.50. The number of rotatable bonds is 6. The van der Waals surface area contributed by atoms with E-state index >= 15 is 0 Å². The van der Waals surface area contributed by atoms with Crippen LogP contribution in [0.1, 0.15) is 11.1 Å². The predicted molar refractivity (Wildman–Crippen MR) is 104 cm³/mol. The van der Waals surface area contributed by atoms with Crippen molar-refractivity contribution in [3.8, 4) is 22.9 Å². The first-order chi connectivity index (χ1) is 12.6. The fourth-order valence-corrected chi connectivity index (χ4v) is 2.68. The monoisotopic (exact) mass is 366 g/mol. The molecule has 2 N–H and O–H groups in total. The van der Waals surface area contributed by atoms with Crippen LogP contribution in [-0.4, -0.2) is 33.3 Å². The van der Waals surface area contributed by atoms with Crippen molar-refractivity contribution >= 4 is 18.4 Å². The number of benzene rings is 2. The number of methoxy groups -OCH3 is 1. The normalized spacial score (nSPS) is 11.0. The topological polar surface area (TPSA) is 75.4 Å². The van der Waals surface area contributed by atoms with Gasteiger partial charge in [-0.3, -0.25) is 0 Å². The standard InChI is InChI=1S/C19H18N4O2S/c1-3-6-13-7-4-9-15(17(13)24)12-20-23-18(21-22-19(23)26)14-8-5-10-16(11-14)25-2/h3-5,7-12,24H,1,6H2,2H3,(H,22,26)/b20-12-. The molecule has 3 rings (SSSR count). The lowest BCUT2D eigenvalue weighted by Gasteiger charge is -2.06. The average molecular weight is 366 g/mol. The lowest BCUT2D eigenvalue weighted by Crippen LogP contribution is -1.96. The van der Waals surface area contributed by atoms with E-state index in [0.29, 0.717) is 28.3 Å². The maximum absolute atomic E-state index is 10.4. The molecule has 0 saturated carbocycles. The van der Waals surface area contributed by atoms with Crippen molar-refractivity contribution in [1.29, 1.82) is 0 Å². The van der Waals surface area contributed by atoms with Crippen LogP contribution in [0.4, 0.5) is 0 Å². The number of H-pyrrole nitrogens is 1. The van der Waals surface area contributed by atoms with Crippen LogP contribution in [0.2, 0.25) is 0 Å². The maximum Gasteiger partial charge on any atom is 0.216 e. The molecule has 1 aromatic heterocycles. The molecule has 0 fully saturated rings. The van der Waals surface area contributed by atoms with E-state index in [0.717, 1.165) is 11.1 Å². The van der Waals surface area contributed by atoms with E-state index in [4.69, 9.17) is 17.0 Å². The predicted octanol–water partition coefficient (Wildman–Crippen LogP) is 3.93. The molecule has 0 amide bonds. The van der Waals surface area contributed by atoms with Crippen molar-refractivity contribution in [3.63, 3.8) is 0 Å². The molecular weight excluding hydrogens is 348 g/mol.